The number of amidine groups is 1. The molecule has 1 aliphatic heterocycles. The van der Waals surface area contributed by atoms with E-state index in [4.69, 9.17) is 10.8 Å². The summed E-state index contributed by atoms with van der Waals surface area (Å²) in [6.45, 7) is 4.02. The molecule has 8 heteroatoms. The van der Waals surface area contributed by atoms with Gasteiger partial charge in [-0.2, -0.15) is 0 Å². The van der Waals surface area contributed by atoms with Gasteiger partial charge in [-0.25, -0.2) is 13.8 Å². The zero-order chi connectivity index (χ0) is 24.9. The van der Waals surface area contributed by atoms with Gasteiger partial charge in [0.05, 0.1) is 11.4 Å². The van der Waals surface area contributed by atoms with E-state index in [9.17, 15) is 13.6 Å². The summed E-state index contributed by atoms with van der Waals surface area (Å²) in [5.74, 6) is -0.0705. The quantitative estimate of drug-likeness (QED) is 0.373. The number of hydrogen-bond donors (Lipinski definition) is 4. The van der Waals surface area contributed by atoms with E-state index in [1.54, 1.807) is 6.20 Å². The van der Waals surface area contributed by atoms with Crippen LogP contribution < -0.4 is 11.1 Å². The third-order valence-electron chi connectivity index (χ3n) is 7.92. The fraction of sp³-hybridized carbons (Fsp3) is 0.407. The molecule has 2 bridgehead atoms. The Balaban J connectivity index is 0.000000192. The second-order valence-electron chi connectivity index (χ2n) is 9.99. The Hall–Kier alpha value is -3.26. The van der Waals surface area contributed by atoms with Crippen molar-refractivity contribution in [3.8, 4) is 0 Å². The third-order valence-corrected chi connectivity index (χ3v) is 7.92. The molecule has 6 nitrogen and oxygen atoms in total. The van der Waals surface area contributed by atoms with Crippen LogP contribution in [-0.2, 0) is 4.79 Å². The first-order valence-electron chi connectivity index (χ1n) is 12.1. The zero-order valence-corrected chi connectivity index (χ0v) is 19.9. The normalized spacial score (nSPS) is 24.8. The molecule has 0 amide bonds. The van der Waals surface area contributed by atoms with Gasteiger partial charge < -0.3 is 21.1 Å². The Kier molecular flexibility index (Phi) is 6.09. The molecular formula is C27H30F2N4O2. The number of fused-ring (bicyclic) bond motifs is 5. The van der Waals surface area contributed by atoms with Crippen LogP contribution in [0.2, 0.25) is 0 Å². The predicted molar refractivity (Wildman–Crippen MR) is 132 cm³/mol. The minimum absolute atomic E-state index is 0.00231. The van der Waals surface area contributed by atoms with Crippen molar-refractivity contribution in [1.29, 1.82) is 0 Å². The van der Waals surface area contributed by atoms with Gasteiger partial charge in [-0.1, -0.05) is 25.0 Å². The van der Waals surface area contributed by atoms with Gasteiger partial charge in [0, 0.05) is 34.5 Å². The number of carboxylic acids is 1. The van der Waals surface area contributed by atoms with Crippen molar-refractivity contribution in [1.82, 2.24) is 4.98 Å². The average molecular weight is 481 g/mol. The smallest absolute Gasteiger partial charge is 0.306 e. The molecule has 2 aromatic carbocycles. The van der Waals surface area contributed by atoms with Gasteiger partial charge in [0.2, 0.25) is 0 Å². The van der Waals surface area contributed by atoms with E-state index in [0.717, 1.165) is 40.8 Å². The molecule has 0 saturated heterocycles. The molecule has 3 saturated carbocycles. The Bertz CT molecular complexity index is 1320. The molecule has 3 aromatic rings. The molecule has 2 unspecified atom stereocenters. The third kappa shape index (κ3) is 4.31. The second-order valence-corrected chi connectivity index (χ2v) is 9.99. The molecule has 5 N–H and O–H groups in total. The Labute approximate surface area is 202 Å². The van der Waals surface area contributed by atoms with Crippen molar-refractivity contribution in [2.24, 2.45) is 28.5 Å². The first-order valence-corrected chi connectivity index (χ1v) is 12.1. The number of nitrogens with one attached hydrogen (secondary N) is 2. The second kappa shape index (κ2) is 9.07. The molecule has 3 fully saturated rings. The fourth-order valence-electron chi connectivity index (χ4n) is 5.78. The zero-order valence-electron chi connectivity index (χ0n) is 19.9. The maximum Gasteiger partial charge on any atom is 0.306 e. The molecular weight excluding hydrogens is 450 g/mol. The standard InChI is InChI=1S/C18H16F2N4.C9H14O2/c1-8-3-4-11-15(9(8)2)23-18(24-17(11)21)13-7-22-16-12(13)5-10(19)6-14(16)20;10-9(11)8-5-6-1-3-7(8)4-2-6/h3-7,17,22H,21H2,1-2H3,(H,23,24);6-8H,1-5H2,(H,10,11). The summed E-state index contributed by atoms with van der Waals surface area (Å²) in [6.07, 6.45) is 6.95. The molecule has 4 aliphatic rings. The van der Waals surface area contributed by atoms with Gasteiger partial charge in [-0.05, 0) is 62.1 Å². The summed E-state index contributed by atoms with van der Waals surface area (Å²) >= 11 is 0. The number of aromatic amines is 1. The van der Waals surface area contributed by atoms with Crippen LogP contribution in [0.3, 0.4) is 0 Å². The number of nitrogens with zero attached hydrogens (tertiary/aromatic N) is 1. The van der Waals surface area contributed by atoms with Gasteiger partial charge in [-0.3, -0.25) is 4.79 Å². The number of aliphatic carboxylic acids is 1. The summed E-state index contributed by atoms with van der Waals surface area (Å²) in [5.41, 5.74) is 11.0. The number of aryl methyl sites for hydroxylation is 1. The highest BCUT2D eigenvalue weighted by atomic mass is 19.1. The van der Waals surface area contributed by atoms with Crippen molar-refractivity contribution >= 4 is 28.4 Å². The van der Waals surface area contributed by atoms with E-state index in [1.165, 1.54) is 31.7 Å². The van der Waals surface area contributed by atoms with Gasteiger partial charge in [0.1, 0.15) is 23.6 Å². The number of benzene rings is 2. The van der Waals surface area contributed by atoms with E-state index in [0.29, 0.717) is 22.7 Å². The number of rotatable bonds is 2. The lowest BCUT2D eigenvalue weighted by atomic mass is 9.65. The summed E-state index contributed by atoms with van der Waals surface area (Å²) in [5, 5.41) is 12.6. The lowest BCUT2D eigenvalue weighted by Crippen LogP contribution is -2.35. The summed E-state index contributed by atoms with van der Waals surface area (Å²) in [4.78, 5) is 18.1. The van der Waals surface area contributed by atoms with Crippen molar-refractivity contribution in [3.05, 3.63) is 64.4 Å². The Morgan fingerprint density at radius 3 is 2.51 bits per heavy atom. The Morgan fingerprint density at radius 1 is 1.14 bits per heavy atom. The predicted octanol–water partition coefficient (Wildman–Crippen LogP) is 5.79. The van der Waals surface area contributed by atoms with Crippen LogP contribution in [0.4, 0.5) is 14.5 Å². The molecule has 3 aliphatic carbocycles. The summed E-state index contributed by atoms with van der Waals surface area (Å²) < 4.78 is 27.5. The number of nitrogens with two attached hydrogens (primary N) is 1. The molecule has 0 radical (unpaired) electrons. The number of halogens is 2. The van der Waals surface area contributed by atoms with Crippen LogP contribution in [0.15, 0.2) is 35.5 Å². The summed E-state index contributed by atoms with van der Waals surface area (Å²) in [6, 6.07) is 6.10. The maximum atomic E-state index is 13.9. The molecule has 1 aromatic heterocycles. The number of carboxylic acid groups (broad SMARTS) is 1. The van der Waals surface area contributed by atoms with Crippen LogP contribution >= 0.6 is 0 Å². The molecule has 2 atom stereocenters. The lowest BCUT2D eigenvalue weighted by Gasteiger charge is -2.40. The number of anilines is 1. The first-order chi connectivity index (χ1) is 16.7. The van der Waals surface area contributed by atoms with Gasteiger partial charge in [0.15, 0.2) is 0 Å². The molecule has 184 valence electrons. The highest BCUT2D eigenvalue weighted by Gasteiger charge is 2.39. The topological polar surface area (TPSA) is 104 Å². The maximum absolute atomic E-state index is 13.9. The lowest BCUT2D eigenvalue weighted by molar-refractivity contribution is -0.147. The number of H-pyrrole nitrogens is 1. The van der Waals surface area contributed by atoms with E-state index >= 15 is 0 Å². The van der Waals surface area contributed by atoms with E-state index in [-0.39, 0.29) is 11.4 Å². The van der Waals surface area contributed by atoms with Crippen molar-refractivity contribution in [2.75, 3.05) is 5.32 Å². The first kappa shape index (κ1) is 23.5. The minimum atomic E-state index is -0.635. The molecule has 2 heterocycles. The van der Waals surface area contributed by atoms with Gasteiger partial charge >= 0.3 is 5.97 Å². The Morgan fingerprint density at radius 2 is 1.89 bits per heavy atom. The van der Waals surface area contributed by atoms with Gasteiger partial charge in [0.25, 0.3) is 0 Å². The molecule has 0 spiro atoms. The number of aliphatic imine (C=N–C) groups is 1. The minimum Gasteiger partial charge on any atom is -0.481 e. The number of carbonyl (C=O) groups is 1. The van der Waals surface area contributed by atoms with Crippen LogP contribution in [-0.4, -0.2) is 21.9 Å². The van der Waals surface area contributed by atoms with Crippen molar-refractivity contribution in [3.63, 3.8) is 0 Å². The monoisotopic (exact) mass is 480 g/mol. The van der Waals surface area contributed by atoms with Crippen LogP contribution in [0.25, 0.3) is 10.9 Å². The highest BCUT2D eigenvalue weighted by Crippen LogP contribution is 2.44. The number of aromatic nitrogens is 1. The largest absolute Gasteiger partial charge is 0.481 e. The molecule has 7 rings (SSSR count). The van der Waals surface area contributed by atoms with Crippen LogP contribution in [0.5, 0.6) is 0 Å². The fourth-order valence-corrected chi connectivity index (χ4v) is 5.78. The van der Waals surface area contributed by atoms with Crippen LogP contribution in [0.1, 0.15) is 60.5 Å². The van der Waals surface area contributed by atoms with Crippen molar-refractivity contribution in [2.45, 2.75) is 52.1 Å². The van der Waals surface area contributed by atoms with E-state index in [2.05, 4.69) is 15.3 Å². The SMILES string of the molecule is Cc1ccc2c(c1C)NC(c1c[nH]c3c(F)cc(F)cc13)=NC2N.O=C(O)C1CC2CCC1CC2. The van der Waals surface area contributed by atoms with E-state index in [1.807, 2.05) is 26.0 Å². The average Bonchev–Trinajstić information content (AvgIpc) is 3.27. The number of hydrogen-bond acceptors (Lipinski definition) is 4. The summed E-state index contributed by atoms with van der Waals surface area (Å²) in [7, 11) is 0. The van der Waals surface area contributed by atoms with Crippen molar-refractivity contribution < 1.29 is 18.7 Å². The van der Waals surface area contributed by atoms with Gasteiger partial charge in [-0.15, -0.1) is 0 Å². The highest BCUT2D eigenvalue weighted by molar-refractivity contribution is 6.17. The molecule has 35 heavy (non-hydrogen) atoms. The van der Waals surface area contributed by atoms with Crippen LogP contribution in [0, 0.1) is 43.2 Å². The van der Waals surface area contributed by atoms with E-state index < -0.39 is 23.8 Å².